The van der Waals surface area contributed by atoms with E-state index in [2.05, 4.69) is 13.8 Å². The van der Waals surface area contributed by atoms with Crippen LogP contribution in [0.4, 0.5) is 0 Å². The molecule has 0 saturated heterocycles. The number of carbonyl (C=O) groups is 2. The average molecular weight is 284 g/mol. The maximum atomic E-state index is 10.5. The molecule has 0 spiro atoms. The zero-order valence-electron chi connectivity index (χ0n) is 14.3. The summed E-state index contributed by atoms with van der Waals surface area (Å²) in [6.45, 7) is 7.72. The number of hydrogen-bond donors (Lipinski definition) is 0. The number of rotatable bonds is 12. The van der Waals surface area contributed by atoms with Crippen molar-refractivity contribution in [3.63, 3.8) is 0 Å². The lowest BCUT2D eigenvalue weighted by atomic mass is 10.1. The van der Waals surface area contributed by atoms with Crippen LogP contribution in [0.3, 0.4) is 0 Å². The van der Waals surface area contributed by atoms with Gasteiger partial charge in [-0.25, -0.2) is 0 Å². The van der Waals surface area contributed by atoms with E-state index < -0.39 is 0 Å². The van der Waals surface area contributed by atoms with Crippen molar-refractivity contribution in [2.75, 3.05) is 0 Å². The molecule has 120 valence electrons. The van der Waals surface area contributed by atoms with Crippen molar-refractivity contribution in [2.45, 2.75) is 105 Å². The van der Waals surface area contributed by atoms with Crippen LogP contribution in [0.15, 0.2) is 0 Å². The standard InChI is InChI=1S/C10H20O.C8H16O/c1-3-4-5-6-7-8-9-10(2)11;1-3-4-5-6-7-8(2)9/h3-9H2,1-2H3;3-7H2,1-2H3. The Labute approximate surface area is 126 Å². The van der Waals surface area contributed by atoms with Gasteiger partial charge in [-0.1, -0.05) is 65.2 Å². The summed E-state index contributed by atoms with van der Waals surface area (Å²) in [5.74, 6) is 0.659. The van der Waals surface area contributed by atoms with Gasteiger partial charge in [0.05, 0.1) is 0 Å². The van der Waals surface area contributed by atoms with Crippen LogP contribution in [0.2, 0.25) is 0 Å². The molecule has 0 unspecified atom stereocenters. The predicted octanol–water partition coefficient (Wildman–Crippen LogP) is 5.87. The quantitative estimate of drug-likeness (QED) is 0.420. The topological polar surface area (TPSA) is 34.1 Å². The molecule has 0 fully saturated rings. The molecule has 2 heteroatoms. The minimum atomic E-state index is 0.325. The molecule has 0 saturated carbocycles. The lowest BCUT2D eigenvalue weighted by molar-refractivity contribution is -0.117. The van der Waals surface area contributed by atoms with E-state index in [1.54, 1.807) is 13.8 Å². The van der Waals surface area contributed by atoms with Gasteiger partial charge in [-0.3, -0.25) is 0 Å². The highest BCUT2D eigenvalue weighted by atomic mass is 16.1. The number of ketones is 2. The normalized spacial score (nSPS) is 9.80. The highest BCUT2D eigenvalue weighted by Crippen LogP contribution is 2.06. The van der Waals surface area contributed by atoms with Gasteiger partial charge in [0, 0.05) is 12.8 Å². The molecule has 0 aromatic rings. The van der Waals surface area contributed by atoms with Crippen molar-refractivity contribution in [1.29, 1.82) is 0 Å². The molecule has 0 atom stereocenters. The molecule has 0 aliphatic rings. The SMILES string of the molecule is CCCCCCC(C)=O.CCCCCCCCC(C)=O. The molecule has 0 aromatic carbocycles. The van der Waals surface area contributed by atoms with Crippen molar-refractivity contribution in [2.24, 2.45) is 0 Å². The molecule has 0 rings (SSSR count). The lowest BCUT2D eigenvalue weighted by Crippen LogP contribution is -1.88. The summed E-state index contributed by atoms with van der Waals surface area (Å²) in [6, 6.07) is 0. The summed E-state index contributed by atoms with van der Waals surface area (Å²) < 4.78 is 0. The first-order valence-electron chi connectivity index (χ1n) is 8.53. The third kappa shape index (κ3) is 26.0. The minimum Gasteiger partial charge on any atom is -0.300 e. The highest BCUT2D eigenvalue weighted by Gasteiger charge is 1.93. The van der Waals surface area contributed by atoms with Crippen LogP contribution in [0.1, 0.15) is 105 Å². The van der Waals surface area contributed by atoms with Gasteiger partial charge in [0.25, 0.3) is 0 Å². The zero-order valence-corrected chi connectivity index (χ0v) is 14.3. The van der Waals surface area contributed by atoms with Crippen molar-refractivity contribution in [3.8, 4) is 0 Å². The molecule has 0 aliphatic carbocycles. The molecule has 2 nitrogen and oxygen atoms in total. The predicted molar refractivity (Wildman–Crippen MR) is 88.1 cm³/mol. The summed E-state index contributed by atoms with van der Waals surface area (Å²) in [5, 5.41) is 0. The zero-order chi connectivity index (χ0) is 15.6. The van der Waals surface area contributed by atoms with E-state index in [-0.39, 0.29) is 0 Å². The lowest BCUT2D eigenvalue weighted by Gasteiger charge is -1.97. The molecule has 20 heavy (non-hydrogen) atoms. The van der Waals surface area contributed by atoms with E-state index in [0.717, 1.165) is 25.7 Å². The van der Waals surface area contributed by atoms with E-state index in [1.807, 2.05) is 0 Å². The van der Waals surface area contributed by atoms with Crippen molar-refractivity contribution in [1.82, 2.24) is 0 Å². The maximum Gasteiger partial charge on any atom is 0.129 e. The molecular formula is C18H36O2. The van der Waals surface area contributed by atoms with Gasteiger partial charge < -0.3 is 9.59 Å². The second kappa shape index (κ2) is 18.3. The largest absolute Gasteiger partial charge is 0.300 e. The van der Waals surface area contributed by atoms with E-state index >= 15 is 0 Å². The van der Waals surface area contributed by atoms with Crippen LogP contribution in [-0.2, 0) is 9.59 Å². The van der Waals surface area contributed by atoms with Crippen LogP contribution in [-0.4, -0.2) is 11.6 Å². The van der Waals surface area contributed by atoms with E-state index in [1.165, 1.54) is 51.4 Å². The third-order valence-corrected chi connectivity index (χ3v) is 3.26. The van der Waals surface area contributed by atoms with Crippen LogP contribution < -0.4 is 0 Å². The van der Waals surface area contributed by atoms with E-state index in [9.17, 15) is 9.59 Å². The fourth-order valence-corrected chi connectivity index (χ4v) is 1.95. The van der Waals surface area contributed by atoms with Crippen molar-refractivity contribution < 1.29 is 9.59 Å². The Morgan fingerprint density at radius 1 is 0.550 bits per heavy atom. The summed E-state index contributed by atoms with van der Waals surface area (Å²) in [4.78, 5) is 20.9. The van der Waals surface area contributed by atoms with E-state index in [4.69, 9.17) is 0 Å². The Morgan fingerprint density at radius 3 is 1.20 bits per heavy atom. The molecule has 0 aliphatic heterocycles. The van der Waals surface area contributed by atoms with Crippen LogP contribution in [0.25, 0.3) is 0 Å². The van der Waals surface area contributed by atoms with Gasteiger partial charge in [-0.2, -0.15) is 0 Å². The van der Waals surface area contributed by atoms with Crippen molar-refractivity contribution in [3.05, 3.63) is 0 Å². The van der Waals surface area contributed by atoms with Crippen LogP contribution >= 0.6 is 0 Å². The Morgan fingerprint density at radius 2 is 0.850 bits per heavy atom. The Balaban J connectivity index is 0. The Bertz CT molecular complexity index is 221. The summed E-state index contributed by atoms with van der Waals surface area (Å²) in [6.07, 6.45) is 14.0. The average Bonchev–Trinajstić information content (AvgIpc) is 2.39. The Kier molecular flexibility index (Phi) is 19.8. The van der Waals surface area contributed by atoms with Crippen LogP contribution in [0, 0.1) is 0 Å². The van der Waals surface area contributed by atoms with Gasteiger partial charge >= 0.3 is 0 Å². The summed E-state index contributed by atoms with van der Waals surface area (Å²) in [5.41, 5.74) is 0. The molecule has 0 radical (unpaired) electrons. The number of hydrogen-bond acceptors (Lipinski definition) is 2. The van der Waals surface area contributed by atoms with Gasteiger partial charge in [0.15, 0.2) is 0 Å². The molecule has 0 bridgehead atoms. The number of carbonyl (C=O) groups excluding carboxylic acids is 2. The fourth-order valence-electron chi connectivity index (χ4n) is 1.95. The first-order valence-corrected chi connectivity index (χ1v) is 8.53. The van der Waals surface area contributed by atoms with Crippen LogP contribution in [0.5, 0.6) is 0 Å². The van der Waals surface area contributed by atoms with Gasteiger partial charge in [-0.15, -0.1) is 0 Å². The van der Waals surface area contributed by atoms with Gasteiger partial charge in [0.2, 0.25) is 0 Å². The summed E-state index contributed by atoms with van der Waals surface area (Å²) in [7, 11) is 0. The second-order valence-electron chi connectivity index (χ2n) is 5.73. The maximum absolute atomic E-state index is 10.5. The van der Waals surface area contributed by atoms with E-state index in [0.29, 0.717) is 11.6 Å². The Hall–Kier alpha value is -0.660. The molecule has 0 amide bonds. The first kappa shape index (κ1) is 21.6. The molecule has 0 heterocycles. The summed E-state index contributed by atoms with van der Waals surface area (Å²) >= 11 is 0. The number of unbranched alkanes of at least 4 members (excludes halogenated alkanes) is 8. The smallest absolute Gasteiger partial charge is 0.129 e. The molecule has 0 aromatic heterocycles. The van der Waals surface area contributed by atoms with Gasteiger partial charge in [0.1, 0.15) is 11.6 Å². The van der Waals surface area contributed by atoms with Crippen molar-refractivity contribution >= 4 is 11.6 Å². The fraction of sp³-hybridized carbons (Fsp3) is 0.889. The third-order valence-electron chi connectivity index (χ3n) is 3.26. The highest BCUT2D eigenvalue weighted by molar-refractivity contribution is 5.75. The minimum absolute atomic E-state index is 0.325. The van der Waals surface area contributed by atoms with Gasteiger partial charge in [-0.05, 0) is 26.7 Å². The second-order valence-corrected chi connectivity index (χ2v) is 5.73. The molecule has 0 N–H and O–H groups in total. The monoisotopic (exact) mass is 284 g/mol. The first-order chi connectivity index (χ1) is 9.54. The number of Topliss-reactive ketones (excluding diaryl/α,β-unsaturated/α-hetero) is 2. The molecular weight excluding hydrogens is 248 g/mol.